The molecule has 0 fully saturated rings. The van der Waals surface area contributed by atoms with E-state index < -0.39 is 0 Å². The summed E-state index contributed by atoms with van der Waals surface area (Å²) in [5, 5.41) is 2.86. The van der Waals surface area contributed by atoms with E-state index in [1.165, 1.54) is 11.3 Å². The first-order valence-corrected chi connectivity index (χ1v) is 8.29. The van der Waals surface area contributed by atoms with E-state index in [9.17, 15) is 4.79 Å². The number of rotatable bonds is 4. The third-order valence-corrected chi connectivity index (χ3v) is 4.39. The van der Waals surface area contributed by atoms with Gasteiger partial charge in [0, 0.05) is 11.1 Å². The maximum atomic E-state index is 12.3. The molecule has 0 aliphatic carbocycles. The van der Waals surface area contributed by atoms with E-state index in [2.05, 4.69) is 15.3 Å². The minimum Gasteiger partial charge on any atom is -0.444 e. The Bertz CT molecular complexity index is 992. The maximum absolute atomic E-state index is 12.3. The van der Waals surface area contributed by atoms with Crippen molar-refractivity contribution >= 4 is 27.5 Å². The minimum absolute atomic E-state index is 0.144. The summed E-state index contributed by atoms with van der Waals surface area (Å²) in [6.07, 6.45) is 1.56. The highest BCUT2D eigenvalue weighted by Gasteiger charge is 2.10. The number of hydrogen-bond acceptors (Lipinski definition) is 5. The van der Waals surface area contributed by atoms with Gasteiger partial charge in [-0.3, -0.25) is 4.79 Å². The van der Waals surface area contributed by atoms with E-state index in [0.29, 0.717) is 23.7 Å². The first kappa shape index (κ1) is 14.6. The molecule has 0 saturated heterocycles. The molecule has 0 unspecified atom stereocenters. The Kier molecular flexibility index (Phi) is 3.80. The molecular formula is C18H13N3O2S. The number of thiazole rings is 1. The van der Waals surface area contributed by atoms with Crippen LogP contribution in [0.2, 0.25) is 0 Å². The van der Waals surface area contributed by atoms with Gasteiger partial charge >= 0.3 is 0 Å². The lowest BCUT2D eigenvalue weighted by Gasteiger charge is -2.02. The van der Waals surface area contributed by atoms with Gasteiger partial charge in [-0.2, -0.15) is 0 Å². The molecule has 0 atom stereocenters. The van der Waals surface area contributed by atoms with Crippen molar-refractivity contribution in [1.29, 1.82) is 0 Å². The lowest BCUT2D eigenvalue weighted by Crippen LogP contribution is -2.22. The van der Waals surface area contributed by atoms with Gasteiger partial charge in [0.15, 0.2) is 0 Å². The number of nitrogens with one attached hydrogen (secondary N) is 1. The number of nitrogens with zero attached hydrogens (tertiary/aromatic N) is 2. The summed E-state index contributed by atoms with van der Waals surface area (Å²) in [7, 11) is 0. The number of hydrogen-bond donors (Lipinski definition) is 1. The lowest BCUT2D eigenvalue weighted by atomic mass is 10.2. The zero-order valence-electron chi connectivity index (χ0n) is 12.6. The molecule has 2 aromatic heterocycles. The predicted octanol–water partition coefficient (Wildman–Crippen LogP) is 3.88. The summed E-state index contributed by atoms with van der Waals surface area (Å²) in [6.45, 7) is 0.315. The zero-order chi connectivity index (χ0) is 16.4. The lowest BCUT2D eigenvalue weighted by molar-refractivity contribution is 0.0950. The van der Waals surface area contributed by atoms with E-state index in [1.54, 1.807) is 17.8 Å². The van der Waals surface area contributed by atoms with E-state index in [0.717, 1.165) is 15.8 Å². The fraction of sp³-hybridized carbons (Fsp3) is 0.0556. The summed E-state index contributed by atoms with van der Waals surface area (Å²) in [6, 6.07) is 15.1. The van der Waals surface area contributed by atoms with E-state index in [-0.39, 0.29) is 5.91 Å². The van der Waals surface area contributed by atoms with Crippen LogP contribution in [0.5, 0.6) is 0 Å². The second-order valence-corrected chi connectivity index (χ2v) is 6.11. The summed E-state index contributed by atoms with van der Waals surface area (Å²) in [5.41, 5.74) is 4.87. The second-order valence-electron chi connectivity index (χ2n) is 5.23. The number of carbonyl (C=O) groups is 1. The van der Waals surface area contributed by atoms with Gasteiger partial charge in [-0.25, -0.2) is 9.97 Å². The van der Waals surface area contributed by atoms with Crippen molar-refractivity contribution < 1.29 is 9.21 Å². The molecule has 0 aliphatic heterocycles. The monoisotopic (exact) mass is 335 g/mol. The zero-order valence-corrected chi connectivity index (χ0v) is 13.4. The van der Waals surface area contributed by atoms with Gasteiger partial charge in [-0.1, -0.05) is 18.2 Å². The van der Waals surface area contributed by atoms with Crippen LogP contribution < -0.4 is 5.32 Å². The second kappa shape index (κ2) is 6.25. The van der Waals surface area contributed by atoms with Crippen molar-refractivity contribution in [3.05, 3.63) is 71.6 Å². The van der Waals surface area contributed by atoms with E-state index >= 15 is 0 Å². The number of aromatic nitrogens is 2. The Morgan fingerprint density at radius 3 is 2.92 bits per heavy atom. The van der Waals surface area contributed by atoms with Crippen LogP contribution in [0.1, 0.15) is 16.1 Å². The molecule has 0 radical (unpaired) electrons. The van der Waals surface area contributed by atoms with Crippen LogP contribution >= 0.6 is 11.3 Å². The quantitative estimate of drug-likeness (QED) is 0.614. The molecule has 4 aromatic rings. The fourth-order valence-corrected chi connectivity index (χ4v) is 3.09. The highest BCUT2D eigenvalue weighted by atomic mass is 32.1. The van der Waals surface area contributed by atoms with Crippen LogP contribution in [0.4, 0.5) is 0 Å². The summed E-state index contributed by atoms with van der Waals surface area (Å²) in [4.78, 5) is 20.9. The maximum Gasteiger partial charge on any atom is 0.251 e. The molecule has 0 saturated carbocycles. The number of carbonyl (C=O) groups excluding carboxylic acids is 1. The van der Waals surface area contributed by atoms with Crippen LogP contribution in [0.3, 0.4) is 0 Å². The molecule has 4 rings (SSSR count). The van der Waals surface area contributed by atoms with Crippen molar-refractivity contribution in [3.8, 4) is 11.5 Å². The van der Waals surface area contributed by atoms with Crippen molar-refractivity contribution in [2.45, 2.75) is 6.54 Å². The van der Waals surface area contributed by atoms with Crippen LogP contribution in [0.15, 0.2) is 64.7 Å². The number of oxazole rings is 1. The van der Waals surface area contributed by atoms with E-state index in [4.69, 9.17) is 4.42 Å². The van der Waals surface area contributed by atoms with Crippen molar-refractivity contribution in [2.75, 3.05) is 0 Å². The van der Waals surface area contributed by atoms with Gasteiger partial charge in [0.2, 0.25) is 5.89 Å². The van der Waals surface area contributed by atoms with Gasteiger partial charge in [-0.05, 0) is 30.3 Å². The van der Waals surface area contributed by atoms with Crippen LogP contribution in [-0.4, -0.2) is 15.9 Å². The number of benzene rings is 2. The number of amides is 1. The third kappa shape index (κ3) is 2.91. The molecule has 118 valence electrons. The van der Waals surface area contributed by atoms with Crippen LogP contribution in [0, 0.1) is 0 Å². The first-order valence-electron chi connectivity index (χ1n) is 7.41. The van der Waals surface area contributed by atoms with Crippen LogP contribution in [-0.2, 0) is 6.54 Å². The molecule has 2 heterocycles. The van der Waals surface area contributed by atoms with E-state index in [1.807, 2.05) is 42.5 Å². The molecule has 2 aromatic carbocycles. The van der Waals surface area contributed by atoms with Gasteiger partial charge in [0.1, 0.15) is 6.26 Å². The summed E-state index contributed by atoms with van der Waals surface area (Å²) < 4.78 is 6.46. The molecule has 24 heavy (non-hydrogen) atoms. The molecule has 1 amide bonds. The standard InChI is InChI=1S/C18H13N3O2S/c22-17(13-6-7-15-16(8-13)24-11-20-15)19-9-14-10-23-18(21-14)12-4-2-1-3-5-12/h1-8,10-11H,9H2,(H,19,22). The first-order chi connectivity index (χ1) is 11.8. The Labute approximate surface area is 142 Å². The Balaban J connectivity index is 1.45. The van der Waals surface area contributed by atoms with Crippen LogP contribution in [0.25, 0.3) is 21.7 Å². The topological polar surface area (TPSA) is 68.0 Å². The molecule has 5 nitrogen and oxygen atoms in total. The summed E-state index contributed by atoms with van der Waals surface area (Å²) in [5.74, 6) is 0.403. The van der Waals surface area contributed by atoms with Gasteiger partial charge in [-0.15, -0.1) is 11.3 Å². The fourth-order valence-electron chi connectivity index (χ4n) is 2.37. The largest absolute Gasteiger partial charge is 0.444 e. The average Bonchev–Trinajstić information content (AvgIpc) is 3.29. The van der Waals surface area contributed by atoms with Crippen molar-refractivity contribution in [2.24, 2.45) is 0 Å². The molecule has 1 N–H and O–H groups in total. The average molecular weight is 335 g/mol. The minimum atomic E-state index is -0.144. The van der Waals surface area contributed by atoms with Crippen molar-refractivity contribution in [1.82, 2.24) is 15.3 Å². The molecule has 6 heteroatoms. The Morgan fingerprint density at radius 1 is 1.17 bits per heavy atom. The summed E-state index contributed by atoms with van der Waals surface area (Å²) >= 11 is 1.52. The highest BCUT2D eigenvalue weighted by Crippen LogP contribution is 2.20. The molecular weight excluding hydrogens is 322 g/mol. The predicted molar refractivity (Wildman–Crippen MR) is 92.7 cm³/mol. The smallest absolute Gasteiger partial charge is 0.251 e. The van der Waals surface area contributed by atoms with Gasteiger partial charge in [0.25, 0.3) is 5.91 Å². The van der Waals surface area contributed by atoms with Gasteiger partial charge in [0.05, 0.1) is 28.0 Å². The Hall–Kier alpha value is -2.99. The molecule has 0 aliphatic rings. The third-order valence-electron chi connectivity index (χ3n) is 3.60. The highest BCUT2D eigenvalue weighted by molar-refractivity contribution is 7.16. The van der Waals surface area contributed by atoms with Crippen molar-refractivity contribution in [3.63, 3.8) is 0 Å². The molecule has 0 spiro atoms. The SMILES string of the molecule is O=C(NCc1coc(-c2ccccc2)n1)c1ccc2ncsc2c1. The van der Waals surface area contributed by atoms with Gasteiger partial charge < -0.3 is 9.73 Å². The Morgan fingerprint density at radius 2 is 2.04 bits per heavy atom. The molecule has 0 bridgehead atoms. The normalized spacial score (nSPS) is 10.8. The number of fused-ring (bicyclic) bond motifs is 1.